The number of halogens is 1. The summed E-state index contributed by atoms with van der Waals surface area (Å²) in [6.45, 7) is 2.77. The molecule has 8 heteroatoms. The zero-order valence-electron chi connectivity index (χ0n) is 18.6. The van der Waals surface area contributed by atoms with E-state index in [1.54, 1.807) is 13.3 Å². The van der Waals surface area contributed by atoms with Crippen molar-refractivity contribution in [1.82, 2.24) is 14.7 Å². The van der Waals surface area contributed by atoms with Crippen molar-refractivity contribution in [1.29, 1.82) is 0 Å². The molecule has 0 radical (unpaired) electrons. The number of methoxy groups -OCH3 is 1. The van der Waals surface area contributed by atoms with Crippen LogP contribution in [0.4, 0.5) is 5.69 Å². The molecule has 172 valence electrons. The number of hydrogen-bond acceptors (Lipinski definition) is 5. The number of ether oxygens (including phenoxy) is 1. The van der Waals surface area contributed by atoms with Crippen LogP contribution in [0.25, 0.3) is 0 Å². The van der Waals surface area contributed by atoms with Gasteiger partial charge in [0.2, 0.25) is 5.91 Å². The maximum Gasteiger partial charge on any atom is 0.287 e. The summed E-state index contributed by atoms with van der Waals surface area (Å²) in [6, 6.07) is 17.5. The Labute approximate surface area is 198 Å². The molecule has 33 heavy (non-hydrogen) atoms. The summed E-state index contributed by atoms with van der Waals surface area (Å²) in [5, 5.41) is 4.49. The van der Waals surface area contributed by atoms with Crippen LogP contribution in [0.1, 0.15) is 17.5 Å². The highest BCUT2D eigenvalue weighted by Crippen LogP contribution is 2.23. The third-order valence-corrected chi connectivity index (χ3v) is 6.26. The maximum atomic E-state index is 12.7. The van der Waals surface area contributed by atoms with E-state index >= 15 is 0 Å². The topological polar surface area (TPSA) is 67.7 Å². The van der Waals surface area contributed by atoms with Gasteiger partial charge in [-0.05, 0) is 29.7 Å². The van der Waals surface area contributed by atoms with Gasteiger partial charge in [0, 0.05) is 32.6 Å². The molecular weight excluding hydrogens is 440 g/mol. The number of aromatic nitrogens is 2. The third-order valence-electron chi connectivity index (χ3n) is 5.90. The Morgan fingerprint density at radius 3 is 2.36 bits per heavy atom. The lowest BCUT2D eigenvalue weighted by Crippen LogP contribution is -2.49. The highest BCUT2D eigenvalue weighted by molar-refractivity contribution is 6.33. The molecule has 7 nitrogen and oxygen atoms in total. The van der Waals surface area contributed by atoms with Gasteiger partial charge in [-0.2, -0.15) is 5.10 Å². The summed E-state index contributed by atoms with van der Waals surface area (Å²) in [6.07, 6.45) is 2.80. The zero-order valence-corrected chi connectivity index (χ0v) is 19.4. The first-order valence-electron chi connectivity index (χ1n) is 11.0. The Bertz CT molecular complexity index is 1140. The summed E-state index contributed by atoms with van der Waals surface area (Å²) >= 11 is 6.43. The Morgan fingerprint density at radius 1 is 1.00 bits per heavy atom. The van der Waals surface area contributed by atoms with Gasteiger partial charge in [0.05, 0.1) is 25.5 Å². The number of nitrogens with zero attached hydrogens (tertiary/aromatic N) is 4. The van der Waals surface area contributed by atoms with Crippen LogP contribution in [0.2, 0.25) is 5.02 Å². The lowest BCUT2D eigenvalue weighted by Gasteiger charge is -2.36. The first-order chi connectivity index (χ1) is 16.0. The molecule has 1 aliphatic rings. The quantitative estimate of drug-likeness (QED) is 0.534. The smallest absolute Gasteiger partial charge is 0.287 e. The average molecular weight is 467 g/mol. The minimum Gasteiger partial charge on any atom is -0.497 e. The van der Waals surface area contributed by atoms with Crippen molar-refractivity contribution >= 4 is 23.2 Å². The summed E-state index contributed by atoms with van der Waals surface area (Å²) < 4.78 is 6.55. The number of anilines is 1. The minimum absolute atomic E-state index is 0.132. The normalized spacial score (nSPS) is 13.8. The Kier molecular flexibility index (Phi) is 7.29. The Balaban J connectivity index is 1.33. The van der Waals surface area contributed by atoms with E-state index in [-0.39, 0.29) is 16.5 Å². The first kappa shape index (κ1) is 22.9. The van der Waals surface area contributed by atoms with Gasteiger partial charge >= 0.3 is 0 Å². The van der Waals surface area contributed by atoms with Crippen LogP contribution in [-0.2, 0) is 17.8 Å². The van der Waals surface area contributed by atoms with Gasteiger partial charge in [0.25, 0.3) is 5.56 Å². The summed E-state index contributed by atoms with van der Waals surface area (Å²) in [4.78, 5) is 29.3. The van der Waals surface area contributed by atoms with Crippen LogP contribution in [0.3, 0.4) is 0 Å². The molecule has 0 N–H and O–H groups in total. The molecule has 3 aromatic rings. The van der Waals surface area contributed by atoms with E-state index in [9.17, 15) is 9.59 Å². The fourth-order valence-electron chi connectivity index (χ4n) is 3.94. The van der Waals surface area contributed by atoms with Crippen molar-refractivity contribution in [2.45, 2.75) is 19.4 Å². The second-order valence-corrected chi connectivity index (χ2v) is 8.39. The summed E-state index contributed by atoms with van der Waals surface area (Å²) in [5.74, 6) is 0.940. The van der Waals surface area contributed by atoms with Gasteiger partial charge < -0.3 is 14.5 Å². The number of rotatable bonds is 7. The van der Waals surface area contributed by atoms with E-state index in [2.05, 4.69) is 5.10 Å². The van der Waals surface area contributed by atoms with Crippen LogP contribution >= 0.6 is 11.6 Å². The third kappa shape index (κ3) is 5.54. The van der Waals surface area contributed by atoms with E-state index < -0.39 is 0 Å². The number of aryl methyl sites for hydroxylation is 1. The number of amides is 1. The predicted molar refractivity (Wildman–Crippen MR) is 129 cm³/mol. The molecule has 0 spiro atoms. The van der Waals surface area contributed by atoms with E-state index in [0.29, 0.717) is 51.3 Å². The number of carbonyl (C=O) groups excluding carboxylic acids is 1. The molecular formula is C25H27ClN4O3. The molecule has 0 bridgehead atoms. The van der Waals surface area contributed by atoms with Crippen molar-refractivity contribution in [3.8, 4) is 5.75 Å². The molecule has 1 saturated heterocycles. The molecule has 2 heterocycles. The van der Waals surface area contributed by atoms with Gasteiger partial charge in [-0.25, -0.2) is 4.68 Å². The van der Waals surface area contributed by atoms with Gasteiger partial charge in [0.15, 0.2) is 0 Å². The van der Waals surface area contributed by atoms with Crippen molar-refractivity contribution in [3.05, 3.63) is 87.3 Å². The van der Waals surface area contributed by atoms with Crippen LogP contribution in [0, 0.1) is 0 Å². The minimum atomic E-state index is -0.309. The van der Waals surface area contributed by atoms with Crippen LogP contribution in [0.5, 0.6) is 5.75 Å². The molecule has 1 amide bonds. The van der Waals surface area contributed by atoms with Gasteiger partial charge in [-0.1, -0.05) is 54.1 Å². The first-order valence-corrected chi connectivity index (χ1v) is 11.4. The molecule has 4 rings (SSSR count). The van der Waals surface area contributed by atoms with Crippen molar-refractivity contribution in [2.24, 2.45) is 0 Å². The van der Waals surface area contributed by atoms with Gasteiger partial charge in [-0.3, -0.25) is 9.59 Å². The number of benzene rings is 2. The molecule has 0 aliphatic carbocycles. The fraction of sp³-hybridized carbons (Fsp3) is 0.320. The highest BCUT2D eigenvalue weighted by Gasteiger charge is 2.24. The van der Waals surface area contributed by atoms with Crippen LogP contribution in [0.15, 0.2) is 65.6 Å². The molecule has 2 aromatic carbocycles. The molecule has 1 aromatic heterocycles. The lowest BCUT2D eigenvalue weighted by atomic mass is 10.1. The molecule has 0 saturated carbocycles. The molecule has 0 atom stereocenters. The highest BCUT2D eigenvalue weighted by atomic mass is 35.5. The van der Waals surface area contributed by atoms with Crippen LogP contribution < -0.4 is 15.2 Å². The molecule has 1 fully saturated rings. The van der Waals surface area contributed by atoms with Gasteiger partial charge in [0.1, 0.15) is 10.8 Å². The predicted octanol–water partition coefficient (Wildman–Crippen LogP) is 3.24. The number of carbonyl (C=O) groups is 1. The van der Waals surface area contributed by atoms with Gasteiger partial charge in [-0.15, -0.1) is 0 Å². The second kappa shape index (κ2) is 10.5. The largest absolute Gasteiger partial charge is 0.497 e. The molecule has 0 unspecified atom stereocenters. The second-order valence-electron chi connectivity index (χ2n) is 8.01. The summed E-state index contributed by atoms with van der Waals surface area (Å²) in [5.41, 5.74) is 2.40. The zero-order chi connectivity index (χ0) is 23.2. The average Bonchev–Trinajstić information content (AvgIpc) is 2.86. The van der Waals surface area contributed by atoms with E-state index in [1.165, 1.54) is 4.68 Å². The van der Waals surface area contributed by atoms with E-state index in [1.807, 2.05) is 64.4 Å². The van der Waals surface area contributed by atoms with E-state index in [0.717, 1.165) is 16.9 Å². The van der Waals surface area contributed by atoms with E-state index in [4.69, 9.17) is 16.3 Å². The van der Waals surface area contributed by atoms with Crippen molar-refractivity contribution in [3.63, 3.8) is 0 Å². The summed E-state index contributed by atoms with van der Waals surface area (Å²) in [7, 11) is 1.64. The molecule has 1 aliphatic heterocycles. The standard InChI is InChI=1S/C25H27ClN4O3/c1-33-21-10-7-19(8-11-21)9-12-23(31)29-15-13-28(14-16-29)22-17-27-30(25(32)24(22)26)18-20-5-3-2-4-6-20/h2-8,10-11,17H,9,12-16,18H2,1H3. The fourth-order valence-corrected chi connectivity index (χ4v) is 4.21. The number of hydrogen-bond donors (Lipinski definition) is 0. The maximum absolute atomic E-state index is 12.7. The number of piperazine rings is 1. The van der Waals surface area contributed by atoms with Crippen LogP contribution in [-0.4, -0.2) is 53.9 Å². The Morgan fingerprint density at radius 2 is 1.70 bits per heavy atom. The SMILES string of the molecule is COc1ccc(CCC(=O)N2CCN(c3cnn(Cc4ccccc4)c(=O)c3Cl)CC2)cc1. The Hall–Kier alpha value is -3.32. The monoisotopic (exact) mass is 466 g/mol. The van der Waals surface area contributed by atoms with Crippen molar-refractivity contribution < 1.29 is 9.53 Å². The lowest BCUT2D eigenvalue weighted by molar-refractivity contribution is -0.131. The van der Waals surface area contributed by atoms with Crippen molar-refractivity contribution in [2.75, 3.05) is 38.2 Å².